The summed E-state index contributed by atoms with van der Waals surface area (Å²) in [5.74, 6) is 1.87. The molecule has 0 aliphatic heterocycles. The van der Waals surface area contributed by atoms with Gasteiger partial charge in [-0.2, -0.15) is 4.52 Å². The van der Waals surface area contributed by atoms with Crippen LogP contribution in [0, 0.1) is 6.92 Å². The lowest BCUT2D eigenvalue weighted by molar-refractivity contribution is 0.193. The molecule has 0 amide bonds. The highest BCUT2D eigenvalue weighted by molar-refractivity contribution is 7.17. The molecule has 8 nitrogen and oxygen atoms in total. The van der Waals surface area contributed by atoms with Crippen LogP contribution in [0.25, 0.3) is 4.96 Å². The Bertz CT molecular complexity index is 924. The lowest BCUT2D eigenvalue weighted by Crippen LogP contribution is -2.28. The third-order valence-electron chi connectivity index (χ3n) is 4.26. The van der Waals surface area contributed by atoms with Gasteiger partial charge in [-0.15, -0.1) is 5.10 Å². The molecule has 0 fully saturated rings. The molecule has 1 unspecified atom stereocenters. The van der Waals surface area contributed by atoms with E-state index in [0.717, 1.165) is 5.56 Å². The third kappa shape index (κ3) is 3.58. The molecule has 0 aliphatic carbocycles. The van der Waals surface area contributed by atoms with Gasteiger partial charge >= 0.3 is 0 Å². The van der Waals surface area contributed by atoms with E-state index in [-0.39, 0.29) is 18.5 Å². The fourth-order valence-corrected chi connectivity index (χ4v) is 4.28. The number of ether oxygens (including phenoxy) is 2. The molecular formula is C18H24N4O4S. The van der Waals surface area contributed by atoms with Crippen LogP contribution in [0.2, 0.25) is 0 Å². The summed E-state index contributed by atoms with van der Waals surface area (Å²) in [6.07, 6.45) is 0. The maximum atomic E-state index is 10.8. The van der Waals surface area contributed by atoms with Gasteiger partial charge in [0.05, 0.1) is 31.2 Å². The van der Waals surface area contributed by atoms with E-state index in [1.807, 2.05) is 37.1 Å². The number of aromatic nitrogens is 3. The molecule has 1 aromatic carbocycles. The summed E-state index contributed by atoms with van der Waals surface area (Å²) in [4.78, 5) is 7.60. The number of thiazole rings is 1. The first-order chi connectivity index (χ1) is 13.0. The van der Waals surface area contributed by atoms with Crippen molar-refractivity contribution >= 4 is 16.3 Å². The monoisotopic (exact) mass is 392 g/mol. The summed E-state index contributed by atoms with van der Waals surface area (Å²) in [6.45, 7) is 4.57. The first-order valence-electron chi connectivity index (χ1n) is 8.67. The van der Waals surface area contributed by atoms with E-state index in [1.54, 1.807) is 14.0 Å². The third-order valence-corrected chi connectivity index (χ3v) is 5.33. The Morgan fingerprint density at radius 1 is 1.37 bits per heavy atom. The van der Waals surface area contributed by atoms with Gasteiger partial charge < -0.3 is 19.7 Å². The van der Waals surface area contributed by atoms with Crippen LogP contribution in [0.15, 0.2) is 18.2 Å². The summed E-state index contributed by atoms with van der Waals surface area (Å²) in [7, 11) is 3.48. The van der Waals surface area contributed by atoms with Crippen molar-refractivity contribution in [3.05, 3.63) is 34.5 Å². The molecule has 0 bridgehead atoms. The lowest BCUT2D eigenvalue weighted by Gasteiger charge is -2.29. The summed E-state index contributed by atoms with van der Waals surface area (Å²) >= 11 is 1.36. The van der Waals surface area contributed by atoms with Crippen molar-refractivity contribution in [2.45, 2.75) is 19.9 Å². The van der Waals surface area contributed by atoms with Gasteiger partial charge in [0.1, 0.15) is 5.82 Å². The number of para-hydroxylation sites is 1. The highest BCUT2D eigenvalue weighted by Crippen LogP contribution is 2.44. The first-order valence-corrected chi connectivity index (χ1v) is 9.49. The van der Waals surface area contributed by atoms with Crippen LogP contribution in [0.1, 0.15) is 29.2 Å². The SMILES string of the molecule is CCOc1c(OC)cccc1C(c1sc2nc(C)nn2c1O)N(C)CCO. The van der Waals surface area contributed by atoms with E-state index < -0.39 is 0 Å². The molecule has 27 heavy (non-hydrogen) atoms. The van der Waals surface area contributed by atoms with Crippen molar-refractivity contribution in [2.24, 2.45) is 0 Å². The molecule has 146 valence electrons. The Morgan fingerprint density at radius 3 is 2.78 bits per heavy atom. The molecule has 0 spiro atoms. The second-order valence-electron chi connectivity index (χ2n) is 6.06. The number of aliphatic hydroxyl groups is 1. The Labute approximate surface area is 161 Å². The van der Waals surface area contributed by atoms with Crippen LogP contribution < -0.4 is 9.47 Å². The van der Waals surface area contributed by atoms with E-state index in [4.69, 9.17) is 9.47 Å². The van der Waals surface area contributed by atoms with Gasteiger partial charge in [-0.3, -0.25) is 4.90 Å². The Balaban J connectivity index is 2.20. The van der Waals surface area contributed by atoms with Crippen LogP contribution >= 0.6 is 11.3 Å². The van der Waals surface area contributed by atoms with Crippen molar-refractivity contribution in [3.8, 4) is 17.4 Å². The number of rotatable bonds is 8. The number of nitrogens with zero attached hydrogens (tertiary/aromatic N) is 4. The Hall–Kier alpha value is -2.36. The van der Waals surface area contributed by atoms with Crippen LogP contribution in [0.4, 0.5) is 0 Å². The predicted molar refractivity (Wildman–Crippen MR) is 103 cm³/mol. The van der Waals surface area contributed by atoms with Gasteiger partial charge in [0, 0.05) is 12.1 Å². The molecule has 3 aromatic rings. The number of fused-ring (bicyclic) bond motifs is 1. The zero-order chi connectivity index (χ0) is 19.6. The van der Waals surface area contributed by atoms with Gasteiger partial charge in [0.15, 0.2) is 11.5 Å². The van der Waals surface area contributed by atoms with E-state index in [9.17, 15) is 10.2 Å². The molecule has 2 heterocycles. The summed E-state index contributed by atoms with van der Waals surface area (Å²) < 4.78 is 12.8. The van der Waals surface area contributed by atoms with Gasteiger partial charge in [-0.25, -0.2) is 4.98 Å². The number of methoxy groups -OCH3 is 1. The van der Waals surface area contributed by atoms with E-state index in [2.05, 4.69) is 10.1 Å². The van der Waals surface area contributed by atoms with Gasteiger partial charge in [0.25, 0.3) is 0 Å². The summed E-state index contributed by atoms with van der Waals surface area (Å²) in [5.41, 5.74) is 0.837. The van der Waals surface area contributed by atoms with Crippen molar-refractivity contribution in [1.29, 1.82) is 0 Å². The molecule has 0 aliphatic rings. The number of aryl methyl sites for hydroxylation is 1. The maximum absolute atomic E-state index is 10.8. The summed E-state index contributed by atoms with van der Waals surface area (Å²) in [6, 6.07) is 5.30. The second-order valence-corrected chi connectivity index (χ2v) is 7.07. The quantitative estimate of drug-likeness (QED) is 0.607. The Kier molecular flexibility index (Phi) is 5.83. The van der Waals surface area contributed by atoms with Gasteiger partial charge in [0.2, 0.25) is 10.8 Å². The number of aliphatic hydroxyl groups excluding tert-OH is 1. The topological polar surface area (TPSA) is 92.4 Å². The normalized spacial score (nSPS) is 12.7. The van der Waals surface area contributed by atoms with Crippen LogP contribution in [0.3, 0.4) is 0 Å². The average Bonchev–Trinajstić information content (AvgIpc) is 3.14. The number of hydrogen-bond acceptors (Lipinski definition) is 8. The molecule has 0 saturated carbocycles. The van der Waals surface area contributed by atoms with Gasteiger partial charge in [-0.1, -0.05) is 23.5 Å². The number of aromatic hydroxyl groups is 1. The Morgan fingerprint density at radius 2 is 2.15 bits per heavy atom. The molecule has 2 aromatic heterocycles. The van der Waals surface area contributed by atoms with E-state index in [0.29, 0.717) is 40.3 Å². The number of benzene rings is 1. The van der Waals surface area contributed by atoms with Gasteiger partial charge in [-0.05, 0) is 27.0 Å². The summed E-state index contributed by atoms with van der Waals surface area (Å²) in [5, 5.41) is 24.5. The fourth-order valence-electron chi connectivity index (χ4n) is 3.10. The minimum absolute atomic E-state index is 0.0123. The standard InChI is InChI=1S/C18H24N4O4S/c1-5-26-15-12(7-6-8-13(15)25-4)14(21(3)9-10-23)16-17(24)22-18(27-16)19-11(2)20-22/h6-8,14,23-24H,5,9-10H2,1-4H3. The zero-order valence-electron chi connectivity index (χ0n) is 15.8. The first kappa shape index (κ1) is 19.4. The average molecular weight is 392 g/mol. The smallest absolute Gasteiger partial charge is 0.230 e. The molecule has 1 atom stereocenters. The highest BCUT2D eigenvalue weighted by atomic mass is 32.1. The zero-order valence-corrected chi connectivity index (χ0v) is 16.7. The molecule has 0 saturated heterocycles. The van der Waals surface area contributed by atoms with Crippen molar-refractivity contribution < 1.29 is 19.7 Å². The fraction of sp³-hybridized carbons (Fsp3) is 0.444. The van der Waals surface area contributed by atoms with Crippen LogP contribution in [0.5, 0.6) is 17.4 Å². The van der Waals surface area contributed by atoms with E-state index >= 15 is 0 Å². The second kappa shape index (κ2) is 8.12. The minimum Gasteiger partial charge on any atom is -0.493 e. The van der Waals surface area contributed by atoms with E-state index in [1.165, 1.54) is 15.9 Å². The van der Waals surface area contributed by atoms with Crippen LogP contribution in [-0.4, -0.2) is 63.6 Å². The molecule has 3 rings (SSSR count). The largest absolute Gasteiger partial charge is 0.493 e. The van der Waals surface area contributed by atoms with Crippen LogP contribution in [-0.2, 0) is 0 Å². The maximum Gasteiger partial charge on any atom is 0.230 e. The van der Waals surface area contributed by atoms with Crippen molar-refractivity contribution in [1.82, 2.24) is 19.5 Å². The van der Waals surface area contributed by atoms with Crippen molar-refractivity contribution in [3.63, 3.8) is 0 Å². The molecular weight excluding hydrogens is 368 g/mol. The number of likely N-dealkylation sites (N-methyl/N-ethyl adjacent to an activating group) is 1. The predicted octanol–water partition coefficient (Wildman–Crippen LogP) is 2.23. The minimum atomic E-state index is -0.359. The molecule has 9 heteroatoms. The molecule has 0 radical (unpaired) electrons. The number of hydrogen-bond donors (Lipinski definition) is 2. The lowest BCUT2D eigenvalue weighted by atomic mass is 10.0. The highest BCUT2D eigenvalue weighted by Gasteiger charge is 2.30. The van der Waals surface area contributed by atoms with Crippen molar-refractivity contribution in [2.75, 3.05) is 33.9 Å². The molecule has 2 N–H and O–H groups in total.